The van der Waals surface area contributed by atoms with Crippen molar-refractivity contribution < 1.29 is 19.1 Å². The van der Waals surface area contributed by atoms with Crippen LogP contribution in [0.25, 0.3) is 0 Å². The van der Waals surface area contributed by atoms with Gasteiger partial charge in [0.15, 0.2) is 0 Å². The smallest absolute Gasteiger partial charge is 0.373 e. The molecule has 0 saturated heterocycles. The second-order valence-corrected chi connectivity index (χ2v) is 4.21. The van der Waals surface area contributed by atoms with Gasteiger partial charge in [-0.3, -0.25) is 4.79 Å². The average Bonchev–Trinajstić information content (AvgIpc) is 2.59. The zero-order valence-corrected chi connectivity index (χ0v) is 8.84. The summed E-state index contributed by atoms with van der Waals surface area (Å²) in [4.78, 5) is 24.1. The monoisotopic (exact) mass is 227 g/mol. The SMILES string of the molecule is CC(=O)N1CCSc2c1coc2C(=O)O. The molecule has 2 heterocycles. The maximum atomic E-state index is 11.3. The van der Waals surface area contributed by atoms with Crippen LogP contribution in [0.2, 0.25) is 0 Å². The number of hydrogen-bond donors (Lipinski definition) is 1. The van der Waals surface area contributed by atoms with E-state index in [1.165, 1.54) is 29.8 Å². The third-order valence-electron chi connectivity index (χ3n) is 2.15. The summed E-state index contributed by atoms with van der Waals surface area (Å²) in [6.07, 6.45) is 1.33. The first kappa shape index (κ1) is 10.1. The highest BCUT2D eigenvalue weighted by molar-refractivity contribution is 7.99. The quantitative estimate of drug-likeness (QED) is 0.786. The van der Waals surface area contributed by atoms with E-state index in [0.29, 0.717) is 22.9 Å². The highest BCUT2D eigenvalue weighted by Gasteiger charge is 2.28. The van der Waals surface area contributed by atoms with Crippen molar-refractivity contribution in [1.29, 1.82) is 0 Å². The maximum Gasteiger partial charge on any atom is 0.373 e. The largest absolute Gasteiger partial charge is 0.475 e. The van der Waals surface area contributed by atoms with Gasteiger partial charge in [0, 0.05) is 19.2 Å². The third-order valence-corrected chi connectivity index (χ3v) is 3.22. The number of rotatable bonds is 1. The molecule has 0 atom stereocenters. The van der Waals surface area contributed by atoms with Crippen molar-refractivity contribution in [2.75, 3.05) is 17.2 Å². The Labute approximate surface area is 90.0 Å². The molecular formula is C9H9NO4S. The van der Waals surface area contributed by atoms with E-state index in [4.69, 9.17) is 9.52 Å². The first-order valence-corrected chi connectivity index (χ1v) is 5.35. The number of aromatic carboxylic acids is 1. The van der Waals surface area contributed by atoms with Gasteiger partial charge in [0.1, 0.15) is 6.26 Å². The summed E-state index contributed by atoms with van der Waals surface area (Å²) < 4.78 is 4.95. The van der Waals surface area contributed by atoms with Crippen LogP contribution in [0.3, 0.4) is 0 Å². The molecule has 0 aromatic carbocycles. The predicted octanol–water partition coefficient (Wildman–Crippen LogP) is 1.44. The molecule has 0 saturated carbocycles. The summed E-state index contributed by atoms with van der Waals surface area (Å²) in [5.41, 5.74) is 0.566. The Morgan fingerprint density at radius 3 is 2.93 bits per heavy atom. The average molecular weight is 227 g/mol. The summed E-state index contributed by atoms with van der Waals surface area (Å²) >= 11 is 1.40. The van der Waals surface area contributed by atoms with E-state index < -0.39 is 5.97 Å². The Morgan fingerprint density at radius 1 is 1.60 bits per heavy atom. The number of carbonyl (C=O) groups is 2. The van der Waals surface area contributed by atoms with Crippen molar-refractivity contribution in [3.8, 4) is 0 Å². The number of carboxylic acids is 1. The zero-order valence-electron chi connectivity index (χ0n) is 8.02. The summed E-state index contributed by atoms with van der Waals surface area (Å²) in [7, 11) is 0. The van der Waals surface area contributed by atoms with E-state index in [2.05, 4.69) is 0 Å². The van der Waals surface area contributed by atoms with Gasteiger partial charge in [-0.15, -0.1) is 11.8 Å². The van der Waals surface area contributed by atoms with Crippen molar-refractivity contribution in [2.45, 2.75) is 11.8 Å². The summed E-state index contributed by atoms with van der Waals surface area (Å²) in [6.45, 7) is 2.04. The molecule has 5 nitrogen and oxygen atoms in total. The molecule has 1 aromatic rings. The molecule has 1 aliphatic heterocycles. The molecule has 80 valence electrons. The van der Waals surface area contributed by atoms with Crippen molar-refractivity contribution in [1.82, 2.24) is 0 Å². The number of carbonyl (C=O) groups excluding carboxylic acids is 1. The van der Waals surface area contributed by atoms with Gasteiger partial charge < -0.3 is 14.4 Å². The lowest BCUT2D eigenvalue weighted by atomic mass is 10.3. The molecule has 0 aliphatic carbocycles. The molecule has 1 aromatic heterocycles. The van der Waals surface area contributed by atoms with Gasteiger partial charge in [0.2, 0.25) is 11.7 Å². The van der Waals surface area contributed by atoms with Crippen molar-refractivity contribution in [2.24, 2.45) is 0 Å². The van der Waals surface area contributed by atoms with E-state index in [1.807, 2.05) is 0 Å². The number of furan rings is 1. The van der Waals surface area contributed by atoms with Gasteiger partial charge in [-0.1, -0.05) is 0 Å². The highest BCUT2D eigenvalue weighted by atomic mass is 32.2. The summed E-state index contributed by atoms with van der Waals surface area (Å²) in [6, 6.07) is 0. The molecule has 0 radical (unpaired) electrons. The second kappa shape index (κ2) is 3.62. The van der Waals surface area contributed by atoms with Crippen LogP contribution < -0.4 is 4.90 Å². The van der Waals surface area contributed by atoms with Crippen LogP contribution in [-0.4, -0.2) is 29.3 Å². The van der Waals surface area contributed by atoms with Gasteiger partial charge in [0.25, 0.3) is 0 Å². The number of anilines is 1. The molecule has 2 rings (SSSR count). The second-order valence-electron chi connectivity index (χ2n) is 3.10. The Morgan fingerprint density at radius 2 is 2.33 bits per heavy atom. The molecule has 0 fully saturated rings. The first-order valence-electron chi connectivity index (χ1n) is 4.37. The van der Waals surface area contributed by atoms with E-state index in [-0.39, 0.29) is 11.7 Å². The minimum absolute atomic E-state index is 0.0825. The topological polar surface area (TPSA) is 70.8 Å². The maximum absolute atomic E-state index is 11.3. The number of carboxylic acid groups (broad SMARTS) is 1. The lowest BCUT2D eigenvalue weighted by Crippen LogP contribution is -2.33. The van der Waals surface area contributed by atoms with Crippen LogP contribution in [-0.2, 0) is 4.79 Å². The summed E-state index contributed by atoms with van der Waals surface area (Å²) in [5, 5.41) is 8.84. The Balaban J connectivity index is 2.46. The Bertz CT molecular complexity index is 426. The molecule has 6 heteroatoms. The van der Waals surface area contributed by atoms with Gasteiger partial charge in [-0.25, -0.2) is 4.79 Å². The van der Waals surface area contributed by atoms with Crippen molar-refractivity contribution >= 4 is 29.3 Å². The molecule has 1 amide bonds. The fourth-order valence-electron chi connectivity index (χ4n) is 1.50. The number of fused-ring (bicyclic) bond motifs is 1. The molecule has 0 bridgehead atoms. The molecule has 1 aliphatic rings. The van der Waals surface area contributed by atoms with Gasteiger partial charge in [-0.2, -0.15) is 0 Å². The van der Waals surface area contributed by atoms with E-state index in [0.717, 1.165) is 0 Å². The van der Waals surface area contributed by atoms with Crippen LogP contribution >= 0.6 is 11.8 Å². The Kier molecular flexibility index (Phi) is 2.44. The van der Waals surface area contributed by atoms with Gasteiger partial charge in [-0.05, 0) is 0 Å². The molecule has 0 spiro atoms. The Hall–Kier alpha value is -1.43. The highest BCUT2D eigenvalue weighted by Crippen LogP contribution is 2.38. The van der Waals surface area contributed by atoms with Gasteiger partial charge in [0.05, 0.1) is 10.6 Å². The van der Waals surface area contributed by atoms with Gasteiger partial charge >= 0.3 is 5.97 Å². The van der Waals surface area contributed by atoms with E-state index >= 15 is 0 Å². The minimum Gasteiger partial charge on any atom is -0.475 e. The molecular weight excluding hydrogens is 218 g/mol. The van der Waals surface area contributed by atoms with E-state index in [1.54, 1.807) is 0 Å². The van der Waals surface area contributed by atoms with Crippen LogP contribution in [0.15, 0.2) is 15.6 Å². The number of amides is 1. The number of thioether (sulfide) groups is 1. The van der Waals surface area contributed by atoms with Crippen molar-refractivity contribution in [3.05, 3.63) is 12.0 Å². The van der Waals surface area contributed by atoms with Crippen LogP contribution in [0.5, 0.6) is 0 Å². The van der Waals surface area contributed by atoms with Crippen molar-refractivity contribution in [3.63, 3.8) is 0 Å². The summed E-state index contributed by atoms with van der Waals surface area (Å²) in [5.74, 6) is -0.601. The lowest BCUT2D eigenvalue weighted by molar-refractivity contribution is -0.116. The van der Waals surface area contributed by atoms with Crippen LogP contribution in [0.1, 0.15) is 17.5 Å². The number of hydrogen-bond acceptors (Lipinski definition) is 4. The zero-order chi connectivity index (χ0) is 11.0. The normalized spacial score (nSPS) is 14.9. The first-order chi connectivity index (χ1) is 7.11. The fourth-order valence-corrected chi connectivity index (χ4v) is 2.55. The molecule has 1 N–H and O–H groups in total. The fraction of sp³-hybridized carbons (Fsp3) is 0.333. The minimum atomic E-state index is -1.10. The molecule has 15 heavy (non-hydrogen) atoms. The lowest BCUT2D eigenvalue weighted by Gasteiger charge is -2.24. The molecule has 0 unspecified atom stereocenters. The van der Waals surface area contributed by atoms with E-state index in [9.17, 15) is 9.59 Å². The third kappa shape index (κ3) is 1.61. The van der Waals surface area contributed by atoms with Crippen LogP contribution in [0.4, 0.5) is 5.69 Å². The van der Waals surface area contributed by atoms with Crippen LogP contribution in [0, 0.1) is 0 Å². The number of nitrogens with zero attached hydrogens (tertiary/aromatic N) is 1. The predicted molar refractivity (Wildman–Crippen MR) is 54.4 cm³/mol. The standard InChI is InChI=1S/C9H9NO4S/c1-5(11)10-2-3-15-8-6(10)4-14-7(8)9(12)13/h4H,2-3H2,1H3,(H,12,13).